The fourth-order valence-corrected chi connectivity index (χ4v) is 4.66. The van der Waals surface area contributed by atoms with E-state index in [2.05, 4.69) is 11.7 Å². The van der Waals surface area contributed by atoms with Crippen LogP contribution in [-0.2, 0) is 0 Å². The minimum absolute atomic E-state index is 0. The van der Waals surface area contributed by atoms with E-state index in [0.717, 1.165) is 36.2 Å². The van der Waals surface area contributed by atoms with E-state index in [9.17, 15) is 13.2 Å². The Morgan fingerprint density at radius 3 is 2.12 bits per heavy atom. The standard InChI is InChI=1S/C21H27F3O.CH4.2H2/c1-14-2-4-15(5-3-14)16-6-8-17(9-7-16)18-10-11-20(19(22)12-18)25-13-21(23)24;;;/h10-17H,2-9H2,1H3;1H4;2*1H. The molecule has 0 N–H and O–H groups in total. The molecule has 2 fully saturated rings. The topological polar surface area (TPSA) is 9.23 Å². The maximum atomic E-state index is 14.1. The molecule has 4 heteroatoms. The van der Waals surface area contributed by atoms with Crippen LogP contribution < -0.4 is 4.74 Å². The molecular formula is C22H35F3O. The smallest absolute Gasteiger partial charge is 0.305 e. The fraction of sp³-hybridized carbons (Fsp3) is 0.636. The molecule has 0 aromatic heterocycles. The lowest BCUT2D eigenvalue weighted by atomic mass is 9.68. The van der Waals surface area contributed by atoms with Gasteiger partial charge in [0, 0.05) is 2.85 Å². The van der Waals surface area contributed by atoms with Crippen molar-refractivity contribution in [3.05, 3.63) is 41.9 Å². The highest BCUT2D eigenvalue weighted by molar-refractivity contribution is 5.32. The molecular weight excluding hydrogens is 337 g/mol. The van der Waals surface area contributed by atoms with Gasteiger partial charge in [0.05, 0.1) is 0 Å². The summed E-state index contributed by atoms with van der Waals surface area (Å²) < 4.78 is 42.8. The maximum absolute atomic E-state index is 14.1. The van der Waals surface area contributed by atoms with Crippen LogP contribution in [0.25, 0.3) is 0 Å². The first-order chi connectivity index (χ1) is 12.0. The summed E-state index contributed by atoms with van der Waals surface area (Å²) in [5.41, 5.74) is 0.963. The van der Waals surface area contributed by atoms with Gasteiger partial charge in [-0.1, -0.05) is 33.3 Å². The summed E-state index contributed by atoms with van der Waals surface area (Å²) in [5.74, 6) is 2.24. The van der Waals surface area contributed by atoms with Crippen molar-refractivity contribution >= 4 is 0 Å². The van der Waals surface area contributed by atoms with Gasteiger partial charge in [0.25, 0.3) is 0 Å². The second kappa shape index (κ2) is 9.48. The molecule has 1 aromatic carbocycles. The quantitative estimate of drug-likeness (QED) is 0.484. The van der Waals surface area contributed by atoms with Crippen molar-refractivity contribution in [3.8, 4) is 5.75 Å². The molecule has 0 unspecified atom stereocenters. The van der Waals surface area contributed by atoms with Crippen molar-refractivity contribution in [2.24, 2.45) is 17.8 Å². The molecule has 0 spiro atoms. The first-order valence-corrected chi connectivity index (χ1v) is 9.50. The molecule has 0 heterocycles. The number of hydrogen-bond donors (Lipinski definition) is 0. The monoisotopic (exact) mass is 372 g/mol. The molecule has 26 heavy (non-hydrogen) atoms. The van der Waals surface area contributed by atoms with Gasteiger partial charge in [0.2, 0.25) is 0 Å². The Morgan fingerprint density at radius 1 is 1.00 bits per heavy atom. The van der Waals surface area contributed by atoms with Crippen LogP contribution in [0.2, 0.25) is 0 Å². The molecule has 1 aromatic rings. The van der Waals surface area contributed by atoms with Crippen LogP contribution in [0.1, 0.15) is 80.1 Å². The summed E-state index contributed by atoms with van der Waals surface area (Å²) >= 11 is 0. The third kappa shape index (κ3) is 5.28. The summed E-state index contributed by atoms with van der Waals surface area (Å²) in [5, 5.41) is 0. The Hall–Kier alpha value is -1.45. The first kappa shape index (κ1) is 20.9. The zero-order valence-corrected chi connectivity index (χ0v) is 14.8. The van der Waals surface area contributed by atoms with Crippen LogP contribution in [-0.4, -0.2) is 0 Å². The molecule has 2 aliphatic rings. The van der Waals surface area contributed by atoms with E-state index in [4.69, 9.17) is 0 Å². The van der Waals surface area contributed by atoms with Gasteiger partial charge in [0.15, 0.2) is 17.8 Å². The summed E-state index contributed by atoms with van der Waals surface area (Å²) in [6.45, 7) is 2.35. The normalized spacial score (nSPS) is 28.8. The van der Waals surface area contributed by atoms with Gasteiger partial charge in [-0.15, -0.1) is 0 Å². The Labute approximate surface area is 158 Å². The average Bonchev–Trinajstić information content (AvgIpc) is 2.61. The molecule has 0 aliphatic heterocycles. The van der Waals surface area contributed by atoms with Crippen LogP contribution in [0.4, 0.5) is 13.2 Å². The van der Waals surface area contributed by atoms with Crippen molar-refractivity contribution in [2.75, 3.05) is 0 Å². The molecule has 2 aliphatic carbocycles. The first-order valence-electron chi connectivity index (χ1n) is 9.50. The largest absolute Gasteiger partial charge is 0.456 e. The van der Waals surface area contributed by atoms with Gasteiger partial charge in [-0.05, 0) is 79.9 Å². The number of ether oxygens (including phenoxy) is 1. The molecule has 0 amide bonds. The lowest BCUT2D eigenvalue weighted by Crippen LogP contribution is -2.24. The van der Waals surface area contributed by atoms with Crippen LogP contribution in [0.3, 0.4) is 0 Å². The fourth-order valence-electron chi connectivity index (χ4n) is 4.66. The summed E-state index contributed by atoms with van der Waals surface area (Å²) in [6.07, 6.45) is 8.40. The van der Waals surface area contributed by atoms with Crippen molar-refractivity contribution in [1.29, 1.82) is 0 Å². The van der Waals surface area contributed by atoms with Gasteiger partial charge in [-0.25, -0.2) is 4.39 Å². The summed E-state index contributed by atoms with van der Waals surface area (Å²) in [4.78, 5) is 0. The lowest BCUT2D eigenvalue weighted by molar-refractivity contribution is 0.165. The summed E-state index contributed by atoms with van der Waals surface area (Å²) in [6, 6.07) is 4.72. The van der Waals surface area contributed by atoms with E-state index in [1.165, 1.54) is 50.7 Å². The zero-order chi connectivity index (χ0) is 17.8. The van der Waals surface area contributed by atoms with Gasteiger partial charge in [-0.2, -0.15) is 8.78 Å². The van der Waals surface area contributed by atoms with Gasteiger partial charge < -0.3 is 4.74 Å². The van der Waals surface area contributed by atoms with Crippen molar-refractivity contribution < 1.29 is 20.8 Å². The van der Waals surface area contributed by atoms with Crippen molar-refractivity contribution in [1.82, 2.24) is 0 Å². The highest BCUT2D eigenvalue weighted by Gasteiger charge is 2.30. The van der Waals surface area contributed by atoms with Gasteiger partial charge in [0.1, 0.15) is 0 Å². The van der Waals surface area contributed by atoms with Crippen LogP contribution in [0, 0.1) is 23.6 Å². The molecule has 1 nitrogen and oxygen atoms in total. The molecule has 0 saturated heterocycles. The minimum Gasteiger partial charge on any atom is -0.456 e. The Kier molecular flexibility index (Phi) is 7.60. The van der Waals surface area contributed by atoms with E-state index in [1.54, 1.807) is 0 Å². The Balaban J connectivity index is 0.00000243. The Bertz CT molecular complexity index is 604. The number of rotatable bonds is 4. The predicted molar refractivity (Wildman–Crippen MR) is 104 cm³/mol. The molecule has 0 radical (unpaired) electrons. The van der Waals surface area contributed by atoms with E-state index < -0.39 is 11.9 Å². The molecule has 2 saturated carbocycles. The third-order valence-corrected chi connectivity index (χ3v) is 6.20. The SMILES string of the molecule is C.CC1CCC(C2CCC(c3ccc(OC=C(F)F)c(F)c3)CC2)CC1.[HH].[HH]. The summed E-state index contributed by atoms with van der Waals surface area (Å²) in [7, 11) is 0. The third-order valence-electron chi connectivity index (χ3n) is 6.20. The second-order valence-electron chi connectivity index (χ2n) is 7.85. The molecule has 0 bridgehead atoms. The van der Waals surface area contributed by atoms with E-state index in [1.807, 2.05) is 6.07 Å². The minimum atomic E-state index is -1.97. The molecule has 3 rings (SSSR count). The number of benzene rings is 1. The van der Waals surface area contributed by atoms with Gasteiger partial charge in [-0.3, -0.25) is 0 Å². The van der Waals surface area contributed by atoms with Crippen LogP contribution >= 0.6 is 0 Å². The zero-order valence-electron chi connectivity index (χ0n) is 14.8. The van der Waals surface area contributed by atoms with Crippen molar-refractivity contribution in [2.45, 2.75) is 71.6 Å². The molecule has 0 atom stereocenters. The van der Waals surface area contributed by atoms with E-state index in [0.29, 0.717) is 5.92 Å². The van der Waals surface area contributed by atoms with E-state index in [-0.39, 0.29) is 22.3 Å². The maximum Gasteiger partial charge on any atom is 0.305 e. The van der Waals surface area contributed by atoms with Gasteiger partial charge >= 0.3 is 6.08 Å². The Morgan fingerprint density at radius 2 is 1.58 bits per heavy atom. The number of hydrogen-bond acceptors (Lipinski definition) is 1. The van der Waals surface area contributed by atoms with Crippen molar-refractivity contribution in [3.63, 3.8) is 0 Å². The second-order valence-corrected chi connectivity index (χ2v) is 7.85. The average molecular weight is 373 g/mol. The number of halogens is 3. The predicted octanol–water partition coefficient (Wildman–Crippen LogP) is 8.17. The van der Waals surface area contributed by atoms with E-state index >= 15 is 0 Å². The van der Waals surface area contributed by atoms with Crippen LogP contribution in [0.5, 0.6) is 5.75 Å². The lowest BCUT2D eigenvalue weighted by Gasteiger charge is -2.37. The highest BCUT2D eigenvalue weighted by atomic mass is 19.3. The van der Waals surface area contributed by atoms with Crippen LogP contribution in [0.15, 0.2) is 30.5 Å². The highest BCUT2D eigenvalue weighted by Crippen LogP contribution is 2.44. The molecule has 150 valence electrons.